The topological polar surface area (TPSA) is 67.7 Å². The maximum Gasteiger partial charge on any atom is 0.410 e. The van der Waals surface area contributed by atoms with Gasteiger partial charge >= 0.3 is 6.09 Å². The van der Waals surface area contributed by atoms with Gasteiger partial charge in [-0.3, -0.25) is 9.48 Å². The summed E-state index contributed by atoms with van der Waals surface area (Å²) in [5.41, 5.74) is 0.377. The number of nitrogens with zero attached hydrogens (tertiary/aromatic N) is 4. The van der Waals surface area contributed by atoms with Crippen molar-refractivity contribution in [3.8, 4) is 0 Å². The number of alkyl halides is 1. The standard InChI is InChI=1S/C17H25BrN4O3/c1-17(2,3)25-16(24)20-6-4-13(5-7-20)22-11-14(9-19-22)21-10-12(18)8-15(21)23/h9,11-13H,4-8,10H2,1-3H3. The van der Waals surface area contributed by atoms with Crippen molar-refractivity contribution in [2.24, 2.45) is 0 Å². The quantitative estimate of drug-likeness (QED) is 0.700. The minimum Gasteiger partial charge on any atom is -0.444 e. The summed E-state index contributed by atoms with van der Waals surface area (Å²) in [5.74, 6) is 0.126. The average molecular weight is 413 g/mol. The van der Waals surface area contributed by atoms with Crippen molar-refractivity contribution < 1.29 is 14.3 Å². The van der Waals surface area contributed by atoms with Crippen molar-refractivity contribution in [2.75, 3.05) is 24.5 Å². The molecule has 0 saturated carbocycles. The number of carbonyl (C=O) groups excluding carboxylic acids is 2. The molecule has 3 rings (SSSR count). The average Bonchev–Trinajstić information content (AvgIpc) is 3.12. The monoisotopic (exact) mass is 412 g/mol. The first-order valence-corrected chi connectivity index (χ1v) is 9.61. The first kappa shape index (κ1) is 18.2. The number of anilines is 1. The zero-order chi connectivity index (χ0) is 18.2. The Morgan fingerprint density at radius 3 is 2.56 bits per heavy atom. The van der Waals surface area contributed by atoms with Crippen molar-refractivity contribution in [3.63, 3.8) is 0 Å². The van der Waals surface area contributed by atoms with E-state index in [0.29, 0.717) is 26.1 Å². The van der Waals surface area contributed by atoms with Gasteiger partial charge in [0, 0.05) is 37.1 Å². The molecule has 3 heterocycles. The Kier molecular flexibility index (Phi) is 5.09. The van der Waals surface area contributed by atoms with Crippen LogP contribution >= 0.6 is 15.9 Å². The fraction of sp³-hybridized carbons (Fsp3) is 0.706. The van der Waals surface area contributed by atoms with Crippen molar-refractivity contribution >= 4 is 33.6 Å². The lowest BCUT2D eigenvalue weighted by atomic mass is 10.1. The number of ether oxygens (including phenoxy) is 1. The van der Waals surface area contributed by atoms with Crippen LogP contribution in [-0.2, 0) is 9.53 Å². The van der Waals surface area contributed by atoms with Crippen LogP contribution in [0, 0.1) is 0 Å². The summed E-state index contributed by atoms with van der Waals surface area (Å²) < 4.78 is 7.35. The number of amides is 2. The third-order valence-electron chi connectivity index (χ3n) is 4.47. The van der Waals surface area contributed by atoms with Crippen LogP contribution in [0.15, 0.2) is 12.4 Å². The first-order chi connectivity index (χ1) is 11.7. The van der Waals surface area contributed by atoms with Crippen LogP contribution in [0.25, 0.3) is 0 Å². The summed E-state index contributed by atoms with van der Waals surface area (Å²) >= 11 is 3.50. The second kappa shape index (κ2) is 6.97. The lowest BCUT2D eigenvalue weighted by molar-refractivity contribution is -0.117. The molecule has 0 N–H and O–H groups in total. The summed E-state index contributed by atoms with van der Waals surface area (Å²) in [6.07, 6.45) is 5.63. The van der Waals surface area contributed by atoms with Crippen molar-refractivity contribution in [1.29, 1.82) is 0 Å². The molecule has 0 aromatic carbocycles. The van der Waals surface area contributed by atoms with E-state index in [1.165, 1.54) is 0 Å². The van der Waals surface area contributed by atoms with Gasteiger partial charge in [-0.25, -0.2) is 4.79 Å². The van der Waals surface area contributed by atoms with Crippen molar-refractivity contribution in [2.45, 2.75) is 56.5 Å². The molecular formula is C17H25BrN4O3. The van der Waals surface area contributed by atoms with Gasteiger partial charge in [-0.2, -0.15) is 5.10 Å². The fourth-order valence-electron chi connectivity index (χ4n) is 3.22. The molecule has 1 aromatic heterocycles. The van der Waals surface area contributed by atoms with Crippen LogP contribution in [0.4, 0.5) is 10.5 Å². The van der Waals surface area contributed by atoms with Gasteiger partial charge in [0.15, 0.2) is 0 Å². The molecule has 1 aromatic rings. The summed E-state index contributed by atoms with van der Waals surface area (Å²) in [6.45, 7) is 7.61. The van der Waals surface area contributed by atoms with Crippen LogP contribution in [0.1, 0.15) is 46.1 Å². The summed E-state index contributed by atoms with van der Waals surface area (Å²) in [5, 5.41) is 4.45. The van der Waals surface area contributed by atoms with E-state index in [1.54, 1.807) is 16.0 Å². The smallest absolute Gasteiger partial charge is 0.410 e. The number of aromatic nitrogens is 2. The highest BCUT2D eigenvalue weighted by molar-refractivity contribution is 9.09. The summed E-state index contributed by atoms with van der Waals surface area (Å²) in [4.78, 5) is 27.9. The zero-order valence-electron chi connectivity index (χ0n) is 14.9. The minimum absolute atomic E-state index is 0.126. The van der Waals surface area contributed by atoms with Gasteiger partial charge in [-0.1, -0.05) is 15.9 Å². The number of halogens is 1. The van der Waals surface area contributed by atoms with Crippen molar-refractivity contribution in [1.82, 2.24) is 14.7 Å². The van der Waals surface area contributed by atoms with Crippen LogP contribution in [0.2, 0.25) is 0 Å². The zero-order valence-corrected chi connectivity index (χ0v) is 16.5. The highest BCUT2D eigenvalue weighted by Gasteiger charge is 2.31. The Balaban J connectivity index is 1.57. The third kappa shape index (κ3) is 4.34. The van der Waals surface area contributed by atoms with Gasteiger partial charge in [-0.05, 0) is 33.6 Å². The molecule has 0 spiro atoms. The van der Waals surface area contributed by atoms with Crippen LogP contribution in [0.5, 0.6) is 0 Å². The highest BCUT2D eigenvalue weighted by atomic mass is 79.9. The number of piperidine rings is 1. The molecule has 2 aliphatic rings. The van der Waals surface area contributed by atoms with Gasteiger partial charge in [0.1, 0.15) is 5.60 Å². The predicted molar refractivity (Wildman–Crippen MR) is 98.0 cm³/mol. The molecule has 2 aliphatic heterocycles. The van der Waals surface area contributed by atoms with Crippen LogP contribution < -0.4 is 4.90 Å². The Morgan fingerprint density at radius 1 is 1.32 bits per heavy atom. The van der Waals surface area contributed by atoms with E-state index in [4.69, 9.17) is 4.74 Å². The first-order valence-electron chi connectivity index (χ1n) is 8.69. The normalized spacial score (nSPS) is 22.6. The maximum atomic E-state index is 12.1. The van der Waals surface area contributed by atoms with E-state index in [0.717, 1.165) is 18.5 Å². The van der Waals surface area contributed by atoms with E-state index in [1.807, 2.05) is 31.6 Å². The molecule has 1 atom stereocenters. The van der Waals surface area contributed by atoms with Crippen molar-refractivity contribution in [3.05, 3.63) is 12.4 Å². The second-order valence-electron chi connectivity index (χ2n) is 7.68. The fourth-order valence-corrected chi connectivity index (χ4v) is 3.79. The molecule has 0 radical (unpaired) electrons. The van der Waals surface area contributed by atoms with Gasteiger partial charge < -0.3 is 14.5 Å². The van der Waals surface area contributed by atoms with E-state index in [-0.39, 0.29) is 22.9 Å². The predicted octanol–water partition coefficient (Wildman–Crippen LogP) is 2.96. The molecule has 7 nitrogen and oxygen atoms in total. The van der Waals surface area contributed by atoms with E-state index in [2.05, 4.69) is 21.0 Å². The Hall–Kier alpha value is -1.57. The Bertz CT molecular complexity index is 647. The van der Waals surface area contributed by atoms with E-state index >= 15 is 0 Å². The number of carbonyl (C=O) groups is 2. The minimum atomic E-state index is -0.472. The molecule has 2 amide bonds. The second-order valence-corrected chi connectivity index (χ2v) is 8.98. The number of hydrogen-bond donors (Lipinski definition) is 0. The molecule has 25 heavy (non-hydrogen) atoms. The number of rotatable bonds is 2. The third-order valence-corrected chi connectivity index (χ3v) is 5.08. The van der Waals surface area contributed by atoms with Gasteiger partial charge in [0.05, 0.1) is 17.9 Å². The van der Waals surface area contributed by atoms with Gasteiger partial charge in [0.2, 0.25) is 5.91 Å². The lowest BCUT2D eigenvalue weighted by Crippen LogP contribution is -2.42. The van der Waals surface area contributed by atoms with Crippen LogP contribution in [0.3, 0.4) is 0 Å². The van der Waals surface area contributed by atoms with E-state index in [9.17, 15) is 9.59 Å². The molecule has 0 aliphatic carbocycles. The molecule has 2 saturated heterocycles. The molecule has 138 valence electrons. The molecular weight excluding hydrogens is 388 g/mol. The Labute approximate surface area is 156 Å². The summed E-state index contributed by atoms with van der Waals surface area (Å²) in [7, 11) is 0. The van der Waals surface area contributed by atoms with Crippen LogP contribution in [-0.4, -0.2) is 56.7 Å². The lowest BCUT2D eigenvalue weighted by Gasteiger charge is -2.33. The number of hydrogen-bond acceptors (Lipinski definition) is 4. The molecule has 2 fully saturated rings. The number of likely N-dealkylation sites (tertiary alicyclic amines) is 1. The Morgan fingerprint density at radius 2 is 2.00 bits per heavy atom. The molecule has 0 bridgehead atoms. The summed E-state index contributed by atoms with van der Waals surface area (Å²) in [6, 6.07) is 0.241. The van der Waals surface area contributed by atoms with Gasteiger partial charge in [-0.15, -0.1) is 0 Å². The molecule has 8 heteroatoms. The van der Waals surface area contributed by atoms with Gasteiger partial charge in [0.25, 0.3) is 0 Å². The SMILES string of the molecule is CC(C)(C)OC(=O)N1CCC(n2cc(N3CC(Br)CC3=O)cn2)CC1. The highest BCUT2D eigenvalue weighted by Crippen LogP contribution is 2.28. The van der Waals surface area contributed by atoms with E-state index < -0.39 is 5.60 Å². The molecule has 1 unspecified atom stereocenters. The largest absolute Gasteiger partial charge is 0.444 e. The maximum absolute atomic E-state index is 12.1.